The number of carboxylic acid groups (broad SMARTS) is 1. The van der Waals surface area contributed by atoms with Gasteiger partial charge >= 0.3 is 11.9 Å². The number of rotatable bonds is 9. The van der Waals surface area contributed by atoms with E-state index in [0.29, 0.717) is 26.1 Å². The number of carbonyl (C=O) groups excluding carboxylic acids is 3. The average Bonchev–Trinajstić information content (AvgIpc) is 3.26. The Bertz CT molecular complexity index is 808. The van der Waals surface area contributed by atoms with Crippen molar-refractivity contribution in [2.24, 2.45) is 11.8 Å². The van der Waals surface area contributed by atoms with E-state index in [1.165, 1.54) is 0 Å². The van der Waals surface area contributed by atoms with Crippen molar-refractivity contribution in [3.05, 3.63) is 35.4 Å². The van der Waals surface area contributed by atoms with E-state index in [4.69, 9.17) is 14.9 Å². The second-order valence-corrected chi connectivity index (χ2v) is 7.75. The van der Waals surface area contributed by atoms with Crippen molar-refractivity contribution in [2.45, 2.75) is 32.4 Å². The van der Waals surface area contributed by atoms with E-state index >= 15 is 0 Å². The molecule has 0 bridgehead atoms. The van der Waals surface area contributed by atoms with Crippen LogP contribution in [0.5, 0.6) is 0 Å². The zero-order chi connectivity index (χ0) is 21.7. The van der Waals surface area contributed by atoms with Gasteiger partial charge in [0.25, 0.3) is 0 Å². The number of hydrogen-bond donors (Lipinski definition) is 2. The lowest BCUT2D eigenvalue weighted by Crippen LogP contribution is -2.27. The van der Waals surface area contributed by atoms with Crippen molar-refractivity contribution in [3.8, 4) is 0 Å². The number of carboxylic acids is 1. The summed E-state index contributed by atoms with van der Waals surface area (Å²) in [6.07, 6.45) is 0.536. The highest BCUT2D eigenvalue weighted by Gasteiger charge is 2.36. The first kappa shape index (κ1) is 21.8. The Morgan fingerprint density at radius 1 is 0.933 bits per heavy atom. The minimum atomic E-state index is -0.952. The molecule has 30 heavy (non-hydrogen) atoms. The van der Waals surface area contributed by atoms with Crippen LogP contribution in [-0.2, 0) is 37.0 Å². The predicted molar refractivity (Wildman–Crippen MR) is 104 cm³/mol. The largest absolute Gasteiger partial charge is 0.481 e. The molecule has 2 aliphatic heterocycles. The summed E-state index contributed by atoms with van der Waals surface area (Å²) in [4.78, 5) is 50.4. The lowest BCUT2D eigenvalue weighted by atomic mass is 10.1. The van der Waals surface area contributed by atoms with Gasteiger partial charge < -0.3 is 24.7 Å². The molecule has 2 fully saturated rings. The highest BCUT2D eigenvalue weighted by molar-refractivity contribution is 5.87. The third kappa shape index (κ3) is 5.35. The van der Waals surface area contributed by atoms with Gasteiger partial charge in [0.2, 0.25) is 11.8 Å². The monoisotopic (exact) mass is 418 g/mol. The van der Waals surface area contributed by atoms with E-state index in [1.54, 1.807) is 9.80 Å². The van der Waals surface area contributed by atoms with E-state index in [2.05, 4.69) is 0 Å². The molecule has 9 nitrogen and oxygen atoms in total. The van der Waals surface area contributed by atoms with Crippen LogP contribution in [0.1, 0.15) is 30.4 Å². The van der Waals surface area contributed by atoms with Crippen LogP contribution in [0.4, 0.5) is 0 Å². The van der Waals surface area contributed by atoms with Gasteiger partial charge in [0.1, 0.15) is 0 Å². The Kier molecular flexibility index (Phi) is 7.04. The van der Waals surface area contributed by atoms with Gasteiger partial charge in [-0.15, -0.1) is 0 Å². The number of benzene rings is 1. The molecule has 3 rings (SSSR count). The number of likely N-dealkylation sites (tertiary alicyclic amines) is 2. The SMILES string of the molecule is O=C(O)C1CC(=O)N(Cc2ccc(CN3CC(C(=O)OCCCO)CC3=O)cc2)C1. The van der Waals surface area contributed by atoms with E-state index < -0.39 is 23.8 Å². The summed E-state index contributed by atoms with van der Waals surface area (Å²) in [5.74, 6) is -2.77. The van der Waals surface area contributed by atoms with E-state index in [9.17, 15) is 19.2 Å². The van der Waals surface area contributed by atoms with Gasteiger partial charge in [0, 0.05) is 52.0 Å². The van der Waals surface area contributed by atoms with Crippen molar-refractivity contribution in [2.75, 3.05) is 26.3 Å². The Hall–Kier alpha value is -2.94. The fourth-order valence-corrected chi connectivity index (χ4v) is 3.72. The summed E-state index contributed by atoms with van der Waals surface area (Å²) in [5.41, 5.74) is 1.79. The molecular formula is C21H26N2O7. The summed E-state index contributed by atoms with van der Waals surface area (Å²) in [7, 11) is 0. The number of esters is 1. The van der Waals surface area contributed by atoms with Crippen molar-refractivity contribution in [3.63, 3.8) is 0 Å². The molecule has 9 heteroatoms. The smallest absolute Gasteiger partial charge is 0.311 e. The van der Waals surface area contributed by atoms with Crippen molar-refractivity contribution in [1.82, 2.24) is 9.80 Å². The number of carbonyl (C=O) groups is 4. The number of aliphatic carboxylic acids is 1. The molecule has 2 atom stereocenters. The van der Waals surface area contributed by atoms with Crippen LogP contribution >= 0.6 is 0 Å². The summed E-state index contributed by atoms with van der Waals surface area (Å²) in [6.45, 7) is 1.35. The van der Waals surface area contributed by atoms with Gasteiger partial charge in [-0.3, -0.25) is 19.2 Å². The maximum Gasteiger partial charge on any atom is 0.311 e. The first-order valence-corrected chi connectivity index (χ1v) is 10.0. The highest BCUT2D eigenvalue weighted by atomic mass is 16.5. The summed E-state index contributed by atoms with van der Waals surface area (Å²) < 4.78 is 5.08. The Labute approximate surface area is 174 Å². The third-order valence-electron chi connectivity index (χ3n) is 5.43. The zero-order valence-electron chi connectivity index (χ0n) is 16.7. The number of ether oxygens (including phenoxy) is 1. The molecule has 0 aliphatic carbocycles. The zero-order valence-corrected chi connectivity index (χ0v) is 16.7. The Morgan fingerprint density at radius 2 is 1.43 bits per heavy atom. The van der Waals surface area contributed by atoms with Crippen molar-refractivity contribution in [1.29, 1.82) is 0 Å². The molecule has 2 unspecified atom stereocenters. The maximum absolute atomic E-state index is 12.2. The first-order chi connectivity index (χ1) is 14.4. The minimum absolute atomic E-state index is 0.0358. The lowest BCUT2D eigenvalue weighted by molar-refractivity contribution is -0.148. The van der Waals surface area contributed by atoms with Gasteiger partial charge in [0.05, 0.1) is 18.4 Å². The van der Waals surface area contributed by atoms with Crippen LogP contribution in [0.2, 0.25) is 0 Å². The fourth-order valence-electron chi connectivity index (χ4n) is 3.72. The lowest BCUT2D eigenvalue weighted by Gasteiger charge is -2.18. The van der Waals surface area contributed by atoms with Crippen LogP contribution < -0.4 is 0 Å². The molecule has 2 amide bonds. The Morgan fingerprint density at radius 3 is 1.90 bits per heavy atom. The first-order valence-electron chi connectivity index (χ1n) is 10.0. The van der Waals surface area contributed by atoms with Crippen LogP contribution in [0.25, 0.3) is 0 Å². The molecule has 1 aromatic rings. The second-order valence-electron chi connectivity index (χ2n) is 7.75. The Balaban J connectivity index is 1.51. The number of nitrogens with zero attached hydrogens (tertiary/aromatic N) is 2. The fraction of sp³-hybridized carbons (Fsp3) is 0.524. The maximum atomic E-state index is 12.2. The van der Waals surface area contributed by atoms with Crippen molar-refractivity contribution < 1.29 is 34.1 Å². The molecule has 0 spiro atoms. The van der Waals surface area contributed by atoms with E-state index in [1.807, 2.05) is 24.3 Å². The molecule has 2 aliphatic rings. The molecule has 2 N–H and O–H groups in total. The molecular weight excluding hydrogens is 392 g/mol. The van der Waals surface area contributed by atoms with Gasteiger partial charge in [-0.05, 0) is 11.1 Å². The highest BCUT2D eigenvalue weighted by Crippen LogP contribution is 2.23. The van der Waals surface area contributed by atoms with Crippen LogP contribution in [-0.4, -0.2) is 70.1 Å². The average molecular weight is 418 g/mol. The van der Waals surface area contributed by atoms with Crippen molar-refractivity contribution >= 4 is 23.8 Å². The van der Waals surface area contributed by atoms with Gasteiger partial charge in [-0.2, -0.15) is 0 Å². The molecule has 1 aromatic carbocycles. The number of amides is 2. The van der Waals surface area contributed by atoms with E-state index in [-0.39, 0.29) is 44.4 Å². The molecule has 162 valence electrons. The number of hydrogen-bond acceptors (Lipinski definition) is 6. The molecule has 0 saturated carbocycles. The predicted octanol–water partition coefficient (Wildman–Crippen LogP) is 0.394. The standard InChI is InChI=1S/C21H26N2O7/c24-6-1-7-30-21(29)17-9-19(26)23(13-17)11-15-4-2-14(3-5-15)10-22-12-16(20(27)28)8-18(22)25/h2-5,16-17,24H,1,6-13H2,(H,27,28). The molecule has 0 aromatic heterocycles. The van der Waals surface area contributed by atoms with Gasteiger partial charge in [-0.25, -0.2) is 0 Å². The molecule has 2 saturated heterocycles. The summed E-state index contributed by atoms with van der Waals surface area (Å²) in [5, 5.41) is 17.8. The second kappa shape index (κ2) is 9.71. The molecule has 2 heterocycles. The number of aliphatic hydroxyl groups is 1. The molecule has 0 radical (unpaired) electrons. The number of aliphatic hydroxyl groups excluding tert-OH is 1. The van der Waals surface area contributed by atoms with Crippen LogP contribution in [0.15, 0.2) is 24.3 Å². The quantitative estimate of drug-likeness (QED) is 0.439. The normalized spacial score (nSPS) is 21.4. The summed E-state index contributed by atoms with van der Waals surface area (Å²) in [6, 6.07) is 7.45. The van der Waals surface area contributed by atoms with E-state index in [0.717, 1.165) is 11.1 Å². The topological polar surface area (TPSA) is 124 Å². The van der Waals surface area contributed by atoms with Gasteiger partial charge in [-0.1, -0.05) is 24.3 Å². The van der Waals surface area contributed by atoms with Crippen LogP contribution in [0, 0.1) is 11.8 Å². The van der Waals surface area contributed by atoms with Crippen LogP contribution in [0.3, 0.4) is 0 Å². The summed E-state index contributed by atoms with van der Waals surface area (Å²) >= 11 is 0. The third-order valence-corrected chi connectivity index (χ3v) is 5.43. The minimum Gasteiger partial charge on any atom is -0.481 e. The van der Waals surface area contributed by atoms with Gasteiger partial charge in [0.15, 0.2) is 0 Å².